The van der Waals surface area contributed by atoms with Gasteiger partial charge in [0, 0.05) is 30.7 Å². The molecule has 0 saturated carbocycles. The summed E-state index contributed by atoms with van der Waals surface area (Å²) in [6.07, 6.45) is -1.19. The molecule has 2 unspecified atom stereocenters. The van der Waals surface area contributed by atoms with Crippen LogP contribution in [-0.4, -0.2) is 81.4 Å². The Morgan fingerprint density at radius 1 is 1.15 bits per heavy atom. The van der Waals surface area contributed by atoms with E-state index >= 15 is 0 Å². The van der Waals surface area contributed by atoms with Gasteiger partial charge in [-0.1, -0.05) is 13.8 Å². The Morgan fingerprint density at radius 2 is 1.85 bits per heavy atom. The first kappa shape index (κ1) is 29.4. The monoisotopic (exact) mass is 512 g/mol. The molecule has 0 radical (unpaired) electrons. The fourth-order valence-electron chi connectivity index (χ4n) is 2.70. The van der Waals surface area contributed by atoms with E-state index in [0.29, 0.717) is 5.75 Å². The molecule has 0 spiro atoms. The van der Waals surface area contributed by atoms with Gasteiger partial charge < -0.3 is 20.1 Å². The van der Waals surface area contributed by atoms with Crippen LogP contribution in [0, 0.1) is 5.41 Å². The molecule has 0 aromatic carbocycles. The van der Waals surface area contributed by atoms with Crippen molar-refractivity contribution in [3.05, 3.63) is 0 Å². The van der Waals surface area contributed by atoms with Crippen LogP contribution in [0.2, 0.25) is 0 Å². The summed E-state index contributed by atoms with van der Waals surface area (Å²) >= 11 is 1.16. The van der Waals surface area contributed by atoms with Crippen molar-refractivity contribution in [3.8, 4) is 0 Å². The Balaban J connectivity index is 2.39. The maximum Gasteiger partial charge on any atom is 0.475 e. The summed E-state index contributed by atoms with van der Waals surface area (Å²) in [6.45, 7) is 5.52. The molecule has 0 aromatic heterocycles. The van der Waals surface area contributed by atoms with E-state index in [2.05, 4.69) is 20.1 Å². The lowest BCUT2D eigenvalue weighted by Crippen LogP contribution is -2.50. The Hall–Kier alpha value is -1.66. The second kappa shape index (κ2) is 13.9. The number of hydrogen-bond donors (Lipinski definition) is 2. The number of esters is 2. The second-order valence-corrected chi connectivity index (χ2v) is 10.6. The van der Waals surface area contributed by atoms with E-state index in [1.165, 1.54) is 14.2 Å². The largest absolute Gasteiger partial charge is 0.475 e. The van der Waals surface area contributed by atoms with Crippen molar-refractivity contribution >= 4 is 43.3 Å². The van der Waals surface area contributed by atoms with E-state index in [4.69, 9.17) is 13.6 Å². The predicted molar refractivity (Wildman–Crippen MR) is 119 cm³/mol. The number of phosphoric ester groups is 1. The summed E-state index contributed by atoms with van der Waals surface area (Å²) in [5.41, 5.74) is -0.741. The first-order valence-electron chi connectivity index (χ1n) is 10.4. The molecule has 12 nitrogen and oxygen atoms in total. The number of carbonyl (C=O) groups is 4. The predicted octanol–water partition coefficient (Wildman–Crippen LogP) is 1.03. The number of nitrogens with one attached hydrogen (secondary N) is 2. The van der Waals surface area contributed by atoms with Crippen LogP contribution in [0.4, 0.5) is 0 Å². The van der Waals surface area contributed by atoms with Gasteiger partial charge in [0.2, 0.25) is 11.8 Å². The number of phosphoric acid groups is 1. The molecule has 2 amide bonds. The van der Waals surface area contributed by atoms with E-state index < -0.39 is 42.4 Å². The van der Waals surface area contributed by atoms with E-state index in [0.717, 1.165) is 11.8 Å². The molecule has 0 aromatic rings. The van der Waals surface area contributed by atoms with Gasteiger partial charge in [-0.25, -0.2) is 4.57 Å². The van der Waals surface area contributed by atoms with Gasteiger partial charge in [-0.05, 0) is 6.92 Å². The fourth-order valence-corrected chi connectivity index (χ4v) is 5.33. The molecular weight excluding hydrogens is 479 g/mol. The van der Waals surface area contributed by atoms with Crippen molar-refractivity contribution in [1.29, 1.82) is 0 Å². The van der Waals surface area contributed by atoms with Crippen LogP contribution >= 0.6 is 19.6 Å². The van der Waals surface area contributed by atoms with E-state index in [-0.39, 0.29) is 45.1 Å². The van der Waals surface area contributed by atoms with Crippen molar-refractivity contribution in [3.63, 3.8) is 0 Å². The number of rotatable bonds is 13. The zero-order valence-electron chi connectivity index (χ0n) is 19.5. The third-order valence-corrected chi connectivity index (χ3v) is 7.19. The highest BCUT2D eigenvalue weighted by Crippen LogP contribution is 2.57. The van der Waals surface area contributed by atoms with Crippen LogP contribution in [0.5, 0.6) is 0 Å². The summed E-state index contributed by atoms with van der Waals surface area (Å²) in [5, 5.41) is 4.54. The minimum atomic E-state index is -3.81. The highest BCUT2D eigenvalue weighted by molar-refractivity contribution is 8.00. The number of amides is 2. The summed E-state index contributed by atoms with van der Waals surface area (Å²) in [7, 11) is -1.35. The van der Waals surface area contributed by atoms with Crippen molar-refractivity contribution in [2.24, 2.45) is 5.41 Å². The van der Waals surface area contributed by atoms with Gasteiger partial charge in [-0.15, -0.1) is 11.8 Å². The highest BCUT2D eigenvalue weighted by atomic mass is 32.2. The van der Waals surface area contributed by atoms with Gasteiger partial charge in [0.1, 0.15) is 5.25 Å². The average Bonchev–Trinajstić information content (AvgIpc) is 2.77. The zero-order valence-corrected chi connectivity index (χ0v) is 21.3. The van der Waals surface area contributed by atoms with Gasteiger partial charge >= 0.3 is 19.8 Å². The van der Waals surface area contributed by atoms with Crippen LogP contribution in [0.1, 0.15) is 33.6 Å². The third-order valence-electron chi connectivity index (χ3n) is 4.50. The molecule has 190 valence electrons. The third kappa shape index (κ3) is 10.0. The number of carbonyl (C=O) groups excluding carboxylic acids is 4. The molecule has 14 heteroatoms. The lowest BCUT2D eigenvalue weighted by Gasteiger charge is -2.39. The van der Waals surface area contributed by atoms with E-state index in [1.54, 1.807) is 20.8 Å². The normalized spacial score (nSPS) is 22.6. The molecule has 1 aliphatic rings. The number of thioether (sulfide) groups is 1. The molecule has 3 atom stereocenters. The Bertz CT molecular complexity index is 748. The minimum Gasteiger partial charge on any atom is -0.469 e. The highest BCUT2D eigenvalue weighted by Gasteiger charge is 2.48. The Morgan fingerprint density at radius 3 is 2.45 bits per heavy atom. The molecule has 1 saturated heterocycles. The van der Waals surface area contributed by atoms with Gasteiger partial charge in [-0.3, -0.25) is 32.7 Å². The van der Waals surface area contributed by atoms with Gasteiger partial charge in [-0.2, -0.15) is 0 Å². The number of ether oxygens (including phenoxy) is 2. The summed E-state index contributed by atoms with van der Waals surface area (Å²) < 4.78 is 37.1. The van der Waals surface area contributed by atoms with Gasteiger partial charge in [0.15, 0.2) is 6.10 Å². The SMILES string of the molecule is CCOP1(=O)OCC(C)(C)[C@H](C(=O)NCCC(=O)NCCSC(CC(=O)OC)C(=O)OC)O1. The van der Waals surface area contributed by atoms with Crippen LogP contribution in [0.15, 0.2) is 0 Å². The molecule has 1 fully saturated rings. The van der Waals surface area contributed by atoms with Crippen LogP contribution in [0.25, 0.3) is 0 Å². The van der Waals surface area contributed by atoms with Crippen LogP contribution in [0.3, 0.4) is 0 Å². The summed E-state index contributed by atoms with van der Waals surface area (Å²) in [4.78, 5) is 47.7. The molecule has 1 rings (SSSR count). The summed E-state index contributed by atoms with van der Waals surface area (Å²) in [6, 6.07) is 0. The van der Waals surface area contributed by atoms with Crippen molar-refractivity contribution in [2.45, 2.75) is 45.0 Å². The maximum atomic E-state index is 12.5. The molecule has 1 heterocycles. The molecule has 0 aliphatic carbocycles. The van der Waals surface area contributed by atoms with Crippen molar-refractivity contribution in [1.82, 2.24) is 10.6 Å². The van der Waals surface area contributed by atoms with E-state index in [9.17, 15) is 23.7 Å². The smallest absolute Gasteiger partial charge is 0.469 e. The minimum absolute atomic E-state index is 0.00572. The molecule has 1 aliphatic heterocycles. The van der Waals surface area contributed by atoms with Gasteiger partial charge in [0.05, 0.1) is 33.9 Å². The van der Waals surface area contributed by atoms with Crippen LogP contribution in [-0.2, 0) is 46.8 Å². The van der Waals surface area contributed by atoms with Gasteiger partial charge in [0.25, 0.3) is 0 Å². The quantitative estimate of drug-likeness (QED) is 0.206. The lowest BCUT2D eigenvalue weighted by atomic mass is 9.87. The molecule has 33 heavy (non-hydrogen) atoms. The lowest BCUT2D eigenvalue weighted by molar-refractivity contribution is -0.146. The maximum absolute atomic E-state index is 12.5. The molecule has 0 bridgehead atoms. The Kier molecular flexibility index (Phi) is 12.4. The molecule has 2 N–H and O–H groups in total. The number of hydrogen-bond acceptors (Lipinski definition) is 11. The summed E-state index contributed by atoms with van der Waals surface area (Å²) in [5.74, 6) is -1.55. The fraction of sp³-hybridized carbons (Fsp3) is 0.789. The van der Waals surface area contributed by atoms with Crippen molar-refractivity contribution < 1.29 is 46.8 Å². The topological polar surface area (TPSA) is 156 Å². The Labute approximate surface area is 197 Å². The molecular formula is C19H33N2O10PS. The van der Waals surface area contributed by atoms with Crippen LogP contribution < -0.4 is 10.6 Å². The standard InChI is InChI=1S/C19H33N2O10PS/c1-6-29-32(26)30-12-19(2,3)16(31-32)17(24)21-8-7-14(22)20-9-10-33-13(18(25)28-5)11-15(23)27-4/h13,16H,6-12H2,1-5H3,(H,20,22)(H,21,24)/t13?,16-,32?/m0/s1. The number of methoxy groups -OCH3 is 2. The zero-order chi connectivity index (χ0) is 25.1. The second-order valence-electron chi connectivity index (χ2n) is 7.67. The first-order valence-corrected chi connectivity index (χ1v) is 12.9. The average molecular weight is 513 g/mol. The first-order chi connectivity index (χ1) is 15.5. The van der Waals surface area contributed by atoms with E-state index in [1.807, 2.05) is 0 Å². The van der Waals surface area contributed by atoms with Crippen molar-refractivity contribution in [2.75, 3.05) is 46.3 Å².